The fraction of sp³-hybridized carbons (Fsp3) is 1.00. The average Bonchev–Trinajstić information content (AvgIpc) is 1.84. The second-order valence-corrected chi connectivity index (χ2v) is 4.37. The van der Waals surface area contributed by atoms with Crippen LogP contribution in [0.2, 0.25) is 0 Å². The molecule has 0 fully saturated rings. The van der Waals surface area contributed by atoms with Crippen molar-refractivity contribution in [1.29, 1.82) is 0 Å². The van der Waals surface area contributed by atoms with Crippen molar-refractivity contribution in [3.8, 4) is 0 Å². The highest BCUT2D eigenvalue weighted by atomic mass is 16.5. The van der Waals surface area contributed by atoms with Crippen LogP contribution in [0, 0.1) is 0 Å². The lowest BCUT2D eigenvalue weighted by Crippen LogP contribution is -2.35. The minimum Gasteiger partial charge on any atom is -0.390 e. The summed E-state index contributed by atoms with van der Waals surface area (Å²) in [4.78, 5) is 0. The van der Waals surface area contributed by atoms with Gasteiger partial charge >= 0.3 is 0 Å². The normalized spacial score (nSPS) is 13.5. The highest BCUT2D eigenvalue weighted by molar-refractivity contribution is 4.70. The van der Waals surface area contributed by atoms with Crippen molar-refractivity contribution in [2.45, 2.75) is 45.3 Å². The summed E-state index contributed by atoms with van der Waals surface area (Å²) in [6.07, 6.45) is 0.635. The minimum atomic E-state index is -0.648. The zero-order valence-electron chi connectivity index (χ0n) is 8.55. The van der Waals surface area contributed by atoms with Crippen LogP contribution in [0.15, 0.2) is 0 Å². The lowest BCUT2D eigenvalue weighted by Gasteiger charge is -2.25. The second-order valence-electron chi connectivity index (χ2n) is 4.37. The van der Waals surface area contributed by atoms with E-state index in [2.05, 4.69) is 0 Å². The molecule has 0 spiro atoms. The predicted molar refractivity (Wildman–Crippen MR) is 50.0 cm³/mol. The molecule has 0 amide bonds. The predicted octanol–water partition coefficient (Wildman–Crippen LogP) is 0.901. The number of nitrogens with two attached hydrogens (primary N) is 1. The molecule has 74 valence electrons. The molecule has 0 bridgehead atoms. The van der Waals surface area contributed by atoms with E-state index >= 15 is 0 Å². The van der Waals surface area contributed by atoms with E-state index < -0.39 is 5.60 Å². The molecule has 0 aromatic heterocycles. The molecule has 12 heavy (non-hydrogen) atoms. The molecule has 0 aliphatic rings. The van der Waals surface area contributed by atoms with Crippen molar-refractivity contribution in [3.63, 3.8) is 0 Å². The first-order valence-corrected chi connectivity index (χ1v) is 4.33. The van der Waals surface area contributed by atoms with Crippen LogP contribution in [0.3, 0.4) is 0 Å². The summed E-state index contributed by atoms with van der Waals surface area (Å²) in [6, 6.07) is 0. The van der Waals surface area contributed by atoms with Gasteiger partial charge in [-0.25, -0.2) is 0 Å². The molecule has 0 unspecified atom stereocenters. The standard InChI is InChI=1S/C9H21NO2/c1-8(2,11)5-6-12-9(3,4)7-10/h11H,5-7,10H2,1-4H3. The summed E-state index contributed by atoms with van der Waals surface area (Å²) in [5.41, 5.74) is 4.55. The first-order valence-electron chi connectivity index (χ1n) is 4.33. The van der Waals surface area contributed by atoms with Crippen LogP contribution >= 0.6 is 0 Å². The maximum absolute atomic E-state index is 9.38. The first kappa shape index (κ1) is 11.9. The summed E-state index contributed by atoms with van der Waals surface area (Å²) in [5.74, 6) is 0. The average molecular weight is 175 g/mol. The van der Waals surface area contributed by atoms with Gasteiger partial charge in [-0.2, -0.15) is 0 Å². The Hall–Kier alpha value is -0.120. The van der Waals surface area contributed by atoms with Gasteiger partial charge in [-0.3, -0.25) is 0 Å². The molecule has 0 radical (unpaired) electrons. The third-order valence-electron chi connectivity index (χ3n) is 1.70. The highest BCUT2D eigenvalue weighted by Gasteiger charge is 2.18. The Morgan fingerprint density at radius 1 is 1.25 bits per heavy atom. The Balaban J connectivity index is 3.57. The quantitative estimate of drug-likeness (QED) is 0.652. The molecule has 3 heteroatoms. The molecule has 0 saturated carbocycles. The van der Waals surface area contributed by atoms with Gasteiger partial charge in [0.1, 0.15) is 0 Å². The molecule has 0 aromatic rings. The second kappa shape index (κ2) is 4.21. The zero-order valence-corrected chi connectivity index (χ0v) is 8.55. The molecule has 0 atom stereocenters. The number of ether oxygens (including phenoxy) is 1. The Labute approximate surface area is 74.9 Å². The topological polar surface area (TPSA) is 55.5 Å². The maximum atomic E-state index is 9.38. The molecule has 0 rings (SSSR count). The number of hydrogen-bond donors (Lipinski definition) is 2. The number of rotatable bonds is 5. The monoisotopic (exact) mass is 175 g/mol. The van der Waals surface area contributed by atoms with Crippen LogP contribution in [0.1, 0.15) is 34.1 Å². The van der Waals surface area contributed by atoms with Gasteiger partial charge in [0, 0.05) is 6.54 Å². The Kier molecular flexibility index (Phi) is 4.17. The Morgan fingerprint density at radius 3 is 2.08 bits per heavy atom. The first-order chi connectivity index (χ1) is 5.27. The van der Waals surface area contributed by atoms with Gasteiger partial charge in [0.2, 0.25) is 0 Å². The van der Waals surface area contributed by atoms with Crippen LogP contribution < -0.4 is 5.73 Å². The molecule has 3 N–H and O–H groups in total. The van der Waals surface area contributed by atoms with E-state index in [1.54, 1.807) is 13.8 Å². The molecule has 0 heterocycles. The van der Waals surface area contributed by atoms with E-state index in [1.165, 1.54) is 0 Å². The van der Waals surface area contributed by atoms with Gasteiger partial charge in [-0.15, -0.1) is 0 Å². The van der Waals surface area contributed by atoms with Crippen LogP contribution in [0.5, 0.6) is 0 Å². The highest BCUT2D eigenvalue weighted by Crippen LogP contribution is 2.11. The smallest absolute Gasteiger partial charge is 0.0748 e. The minimum absolute atomic E-state index is 0.273. The Bertz CT molecular complexity index is 127. The third kappa shape index (κ3) is 6.58. The lowest BCUT2D eigenvalue weighted by molar-refractivity contribution is -0.0405. The van der Waals surface area contributed by atoms with Crippen molar-refractivity contribution in [1.82, 2.24) is 0 Å². The zero-order chi connectivity index (χ0) is 9.83. The maximum Gasteiger partial charge on any atom is 0.0748 e. The van der Waals surface area contributed by atoms with Crippen LogP contribution in [0.25, 0.3) is 0 Å². The summed E-state index contributed by atoms with van der Waals surface area (Å²) < 4.78 is 5.47. The van der Waals surface area contributed by atoms with Crippen molar-refractivity contribution in [2.24, 2.45) is 5.73 Å². The summed E-state index contributed by atoms with van der Waals surface area (Å²) in [5, 5.41) is 9.38. The fourth-order valence-electron chi connectivity index (χ4n) is 0.636. The van der Waals surface area contributed by atoms with Crippen molar-refractivity contribution in [3.05, 3.63) is 0 Å². The largest absolute Gasteiger partial charge is 0.390 e. The molecule has 0 saturated heterocycles. The van der Waals surface area contributed by atoms with Crippen LogP contribution in [-0.2, 0) is 4.74 Å². The van der Waals surface area contributed by atoms with Crippen molar-refractivity contribution >= 4 is 0 Å². The molecule has 0 aromatic carbocycles. The van der Waals surface area contributed by atoms with Crippen molar-refractivity contribution in [2.75, 3.05) is 13.2 Å². The van der Waals surface area contributed by atoms with Gasteiger partial charge in [0.15, 0.2) is 0 Å². The van der Waals surface area contributed by atoms with E-state index in [1.807, 2.05) is 13.8 Å². The third-order valence-corrected chi connectivity index (χ3v) is 1.70. The van der Waals surface area contributed by atoms with Gasteiger partial charge < -0.3 is 15.6 Å². The SMILES string of the molecule is CC(C)(O)CCOC(C)(C)CN. The van der Waals surface area contributed by atoms with Gasteiger partial charge in [0.25, 0.3) is 0 Å². The van der Waals surface area contributed by atoms with Crippen molar-refractivity contribution < 1.29 is 9.84 Å². The molecular formula is C9H21NO2. The van der Waals surface area contributed by atoms with Crippen LogP contribution in [0.4, 0.5) is 0 Å². The number of aliphatic hydroxyl groups is 1. The molecule has 0 aliphatic carbocycles. The lowest BCUT2D eigenvalue weighted by atomic mass is 10.1. The van der Waals surface area contributed by atoms with E-state index in [-0.39, 0.29) is 5.60 Å². The van der Waals surface area contributed by atoms with Gasteiger partial charge in [-0.05, 0) is 34.1 Å². The van der Waals surface area contributed by atoms with Gasteiger partial charge in [0.05, 0.1) is 17.8 Å². The molecule has 3 nitrogen and oxygen atoms in total. The van der Waals surface area contributed by atoms with E-state index in [9.17, 15) is 5.11 Å². The van der Waals surface area contributed by atoms with E-state index in [4.69, 9.17) is 10.5 Å². The Morgan fingerprint density at radius 2 is 1.75 bits per heavy atom. The van der Waals surface area contributed by atoms with Gasteiger partial charge in [-0.1, -0.05) is 0 Å². The number of hydrogen-bond acceptors (Lipinski definition) is 3. The summed E-state index contributed by atoms with van der Waals surface area (Å²) >= 11 is 0. The van der Waals surface area contributed by atoms with E-state index in [0.717, 1.165) is 0 Å². The summed E-state index contributed by atoms with van der Waals surface area (Å²) in [6.45, 7) is 8.47. The fourth-order valence-corrected chi connectivity index (χ4v) is 0.636. The summed E-state index contributed by atoms with van der Waals surface area (Å²) in [7, 11) is 0. The molecular weight excluding hydrogens is 154 g/mol. The van der Waals surface area contributed by atoms with E-state index in [0.29, 0.717) is 19.6 Å². The molecule has 0 aliphatic heterocycles. The van der Waals surface area contributed by atoms with Crippen LogP contribution in [-0.4, -0.2) is 29.5 Å².